The first-order chi connectivity index (χ1) is 13.7. The van der Waals surface area contributed by atoms with Gasteiger partial charge in [0.1, 0.15) is 18.2 Å². The number of aromatic amines is 1. The van der Waals surface area contributed by atoms with Gasteiger partial charge in [0, 0.05) is 19.4 Å². The van der Waals surface area contributed by atoms with Crippen LogP contribution in [-0.4, -0.2) is 29.0 Å². The molecule has 0 aliphatic carbocycles. The third-order valence-electron chi connectivity index (χ3n) is 4.23. The highest BCUT2D eigenvalue weighted by Crippen LogP contribution is 2.12. The first-order valence-corrected chi connectivity index (χ1v) is 9.05. The molecule has 0 saturated carbocycles. The number of para-hydroxylation sites is 1. The summed E-state index contributed by atoms with van der Waals surface area (Å²) in [6.07, 6.45) is 6.52. The number of nitrogens with one attached hydrogen (secondary N) is 2. The summed E-state index contributed by atoms with van der Waals surface area (Å²) >= 11 is 0. The van der Waals surface area contributed by atoms with Crippen molar-refractivity contribution < 1.29 is 9.53 Å². The predicted molar refractivity (Wildman–Crippen MR) is 108 cm³/mol. The van der Waals surface area contributed by atoms with Crippen molar-refractivity contribution in [3.63, 3.8) is 0 Å². The fourth-order valence-electron chi connectivity index (χ4n) is 2.80. The summed E-state index contributed by atoms with van der Waals surface area (Å²) in [4.78, 5) is 31.2. The van der Waals surface area contributed by atoms with Crippen LogP contribution in [0, 0.1) is 12.3 Å². The zero-order valence-electron chi connectivity index (χ0n) is 15.4. The summed E-state index contributed by atoms with van der Waals surface area (Å²) in [5.74, 6) is 3.58. The molecule has 0 aliphatic heterocycles. The van der Waals surface area contributed by atoms with E-state index in [0.717, 1.165) is 11.3 Å². The fraction of sp³-hybridized carbons (Fsp3) is 0.227. The van der Waals surface area contributed by atoms with E-state index in [1.807, 2.05) is 30.3 Å². The molecule has 3 aromatic rings. The molecule has 0 fully saturated rings. The van der Waals surface area contributed by atoms with Crippen LogP contribution in [0.5, 0.6) is 5.75 Å². The lowest BCUT2D eigenvalue weighted by Crippen LogP contribution is -2.26. The van der Waals surface area contributed by atoms with Crippen molar-refractivity contribution >= 4 is 16.8 Å². The second kappa shape index (κ2) is 9.38. The number of aryl methyl sites for hydroxylation is 1. The molecule has 142 valence electrons. The molecule has 28 heavy (non-hydrogen) atoms. The number of amides is 1. The van der Waals surface area contributed by atoms with Crippen molar-refractivity contribution in [1.29, 1.82) is 0 Å². The quantitative estimate of drug-likeness (QED) is 0.592. The maximum atomic E-state index is 12.1. The van der Waals surface area contributed by atoms with E-state index in [1.165, 1.54) is 0 Å². The van der Waals surface area contributed by atoms with Gasteiger partial charge in [-0.3, -0.25) is 9.59 Å². The molecule has 0 bridgehead atoms. The van der Waals surface area contributed by atoms with Crippen LogP contribution in [0.3, 0.4) is 0 Å². The molecule has 6 heteroatoms. The summed E-state index contributed by atoms with van der Waals surface area (Å²) in [7, 11) is 0. The molecule has 0 aliphatic rings. The van der Waals surface area contributed by atoms with Gasteiger partial charge < -0.3 is 15.0 Å². The molecule has 6 nitrogen and oxygen atoms in total. The monoisotopic (exact) mass is 375 g/mol. The van der Waals surface area contributed by atoms with Crippen LogP contribution in [0.4, 0.5) is 0 Å². The zero-order valence-corrected chi connectivity index (χ0v) is 15.4. The highest BCUT2D eigenvalue weighted by molar-refractivity contribution is 5.78. The van der Waals surface area contributed by atoms with Gasteiger partial charge in [-0.25, -0.2) is 4.98 Å². The lowest BCUT2D eigenvalue weighted by molar-refractivity contribution is -0.121. The number of benzene rings is 2. The highest BCUT2D eigenvalue weighted by Gasteiger charge is 2.06. The number of fused-ring (bicyclic) bond motifs is 1. The van der Waals surface area contributed by atoms with Crippen molar-refractivity contribution in [3.05, 3.63) is 70.3 Å². The number of H-pyrrole nitrogens is 1. The second-order valence-electron chi connectivity index (χ2n) is 6.27. The standard InChI is InChI=1S/C22H21N3O3/c1-2-15-28-17-9-7-16(8-10-17)13-14-23-21(26)12-11-20-24-19-6-4-3-5-18(19)22(27)25-20/h1,3-10H,11-15H2,(H,23,26)(H,24,25,27). The van der Waals surface area contributed by atoms with Crippen molar-refractivity contribution in [2.75, 3.05) is 13.2 Å². The van der Waals surface area contributed by atoms with Crippen molar-refractivity contribution in [2.24, 2.45) is 0 Å². The van der Waals surface area contributed by atoms with Gasteiger partial charge in [0.25, 0.3) is 5.56 Å². The van der Waals surface area contributed by atoms with E-state index in [9.17, 15) is 9.59 Å². The van der Waals surface area contributed by atoms with Crippen LogP contribution >= 0.6 is 0 Å². The van der Waals surface area contributed by atoms with Crippen molar-refractivity contribution in [3.8, 4) is 18.1 Å². The molecular weight excluding hydrogens is 354 g/mol. The van der Waals surface area contributed by atoms with Crippen LogP contribution in [0.25, 0.3) is 10.9 Å². The van der Waals surface area contributed by atoms with E-state index in [4.69, 9.17) is 11.2 Å². The molecule has 0 unspecified atom stereocenters. The van der Waals surface area contributed by atoms with E-state index in [2.05, 4.69) is 21.2 Å². The smallest absolute Gasteiger partial charge is 0.258 e. The Balaban J connectivity index is 1.45. The molecule has 2 aromatic carbocycles. The summed E-state index contributed by atoms with van der Waals surface area (Å²) in [5.41, 5.74) is 1.54. The van der Waals surface area contributed by atoms with Gasteiger partial charge in [0.2, 0.25) is 5.91 Å². The number of nitrogens with zero attached hydrogens (tertiary/aromatic N) is 1. The summed E-state index contributed by atoms with van der Waals surface area (Å²) in [5, 5.41) is 3.43. The van der Waals surface area contributed by atoms with Crippen molar-refractivity contribution in [1.82, 2.24) is 15.3 Å². The number of carbonyl (C=O) groups is 1. The summed E-state index contributed by atoms with van der Waals surface area (Å²) in [6, 6.07) is 14.8. The molecule has 0 radical (unpaired) electrons. The molecule has 1 amide bonds. The lowest BCUT2D eigenvalue weighted by Gasteiger charge is -2.07. The first kappa shape index (κ1) is 19.2. The van der Waals surface area contributed by atoms with Gasteiger partial charge in [-0.05, 0) is 36.2 Å². The first-order valence-electron chi connectivity index (χ1n) is 9.05. The number of hydrogen-bond acceptors (Lipinski definition) is 4. The van der Waals surface area contributed by atoms with Gasteiger partial charge in [-0.15, -0.1) is 6.42 Å². The third kappa shape index (κ3) is 5.21. The molecule has 0 spiro atoms. The Hall–Kier alpha value is -3.59. The van der Waals surface area contributed by atoms with Crippen LogP contribution < -0.4 is 15.6 Å². The van der Waals surface area contributed by atoms with Crippen LogP contribution in [-0.2, 0) is 17.6 Å². The number of hydrogen-bond donors (Lipinski definition) is 2. The molecule has 0 saturated heterocycles. The van der Waals surface area contributed by atoms with E-state index < -0.39 is 0 Å². The zero-order chi connectivity index (χ0) is 19.8. The normalized spacial score (nSPS) is 10.4. The minimum Gasteiger partial charge on any atom is -0.481 e. The van der Waals surface area contributed by atoms with Gasteiger partial charge in [0.05, 0.1) is 10.9 Å². The van der Waals surface area contributed by atoms with Crippen LogP contribution in [0.2, 0.25) is 0 Å². The molecule has 1 aromatic heterocycles. The Kier molecular flexibility index (Phi) is 6.42. The lowest BCUT2D eigenvalue weighted by atomic mass is 10.1. The predicted octanol–water partition coefficient (Wildman–Crippen LogP) is 2.23. The number of aromatic nitrogens is 2. The molecule has 0 atom stereocenters. The fourth-order valence-corrected chi connectivity index (χ4v) is 2.80. The molecule has 3 rings (SSSR count). The van der Waals surface area contributed by atoms with Crippen LogP contribution in [0.15, 0.2) is 53.3 Å². The van der Waals surface area contributed by atoms with Gasteiger partial charge in [-0.2, -0.15) is 0 Å². The minimum absolute atomic E-state index is 0.0789. The Morgan fingerprint density at radius 3 is 2.71 bits per heavy atom. The number of ether oxygens (including phenoxy) is 1. The Morgan fingerprint density at radius 2 is 1.93 bits per heavy atom. The molecule has 1 heterocycles. The van der Waals surface area contributed by atoms with E-state index in [1.54, 1.807) is 18.2 Å². The maximum Gasteiger partial charge on any atom is 0.258 e. The number of rotatable bonds is 8. The van der Waals surface area contributed by atoms with Crippen molar-refractivity contribution in [2.45, 2.75) is 19.3 Å². The van der Waals surface area contributed by atoms with Crippen LogP contribution in [0.1, 0.15) is 17.8 Å². The Bertz CT molecular complexity index is 1050. The number of terminal acetylenes is 1. The van der Waals surface area contributed by atoms with Gasteiger partial charge >= 0.3 is 0 Å². The second-order valence-corrected chi connectivity index (χ2v) is 6.27. The SMILES string of the molecule is C#CCOc1ccc(CCNC(=O)CCc2nc3ccccc3c(=O)[nH]2)cc1. The topological polar surface area (TPSA) is 84.1 Å². The minimum atomic E-state index is -0.185. The maximum absolute atomic E-state index is 12.1. The van der Waals surface area contributed by atoms with E-state index in [-0.39, 0.29) is 24.5 Å². The Morgan fingerprint density at radius 1 is 1.14 bits per heavy atom. The summed E-state index contributed by atoms with van der Waals surface area (Å²) < 4.78 is 5.33. The average Bonchev–Trinajstić information content (AvgIpc) is 2.72. The third-order valence-corrected chi connectivity index (χ3v) is 4.23. The van der Waals surface area contributed by atoms with Gasteiger partial charge in [0.15, 0.2) is 0 Å². The average molecular weight is 375 g/mol. The van der Waals surface area contributed by atoms with E-state index >= 15 is 0 Å². The highest BCUT2D eigenvalue weighted by atomic mass is 16.5. The van der Waals surface area contributed by atoms with E-state index in [0.29, 0.717) is 36.1 Å². The van der Waals surface area contributed by atoms with Gasteiger partial charge in [-0.1, -0.05) is 30.2 Å². The molecule has 2 N–H and O–H groups in total. The Labute approximate surface area is 163 Å². The molecular formula is C22H21N3O3. The number of carbonyl (C=O) groups excluding carboxylic acids is 1. The largest absolute Gasteiger partial charge is 0.481 e. The summed E-state index contributed by atoms with van der Waals surface area (Å²) in [6.45, 7) is 0.776.